The number of nitrogens with one attached hydrogen (secondary N) is 1. The molecule has 2 rings (SSSR count). The van der Waals surface area contributed by atoms with Crippen molar-refractivity contribution in [2.45, 2.75) is 31.6 Å². The normalized spacial score (nSPS) is 22.7. The number of carbonyl (C=O) groups excluding carboxylic acids is 1. The van der Waals surface area contributed by atoms with E-state index in [1.807, 2.05) is 30.3 Å². The third-order valence-corrected chi connectivity index (χ3v) is 3.54. The van der Waals surface area contributed by atoms with Crippen molar-refractivity contribution in [3.8, 4) is 0 Å². The van der Waals surface area contributed by atoms with E-state index in [4.69, 9.17) is 9.57 Å². The Kier molecular flexibility index (Phi) is 5.98. The smallest absolute Gasteiger partial charge is 0.410 e. The summed E-state index contributed by atoms with van der Waals surface area (Å²) in [6.45, 7) is 1.19. The Morgan fingerprint density at radius 3 is 2.90 bits per heavy atom. The fourth-order valence-electron chi connectivity index (χ4n) is 2.39. The van der Waals surface area contributed by atoms with Gasteiger partial charge in [0, 0.05) is 13.1 Å². The van der Waals surface area contributed by atoms with Crippen LogP contribution in [0.4, 0.5) is 4.79 Å². The van der Waals surface area contributed by atoms with Crippen LogP contribution in [-0.4, -0.2) is 48.4 Å². The van der Waals surface area contributed by atoms with Crippen LogP contribution in [0.1, 0.15) is 18.4 Å². The van der Waals surface area contributed by atoms with Crippen LogP contribution >= 0.6 is 0 Å². The molecule has 0 aromatic heterocycles. The van der Waals surface area contributed by atoms with Crippen molar-refractivity contribution in [1.82, 2.24) is 10.4 Å². The standard InChI is InChI=1S/C15H22N2O4/c1-20-16-13-10-17(9-5-8-14(13)18)15(19)21-11-12-6-3-2-4-7-12/h2-4,6-7,13-14,16,18H,5,8-11H2,1H3/t13-,14-/m1/s1. The molecule has 1 aliphatic heterocycles. The molecule has 1 amide bonds. The number of hydrogen-bond donors (Lipinski definition) is 2. The summed E-state index contributed by atoms with van der Waals surface area (Å²) in [5.74, 6) is 0. The van der Waals surface area contributed by atoms with Crippen molar-refractivity contribution in [3.05, 3.63) is 35.9 Å². The summed E-state index contributed by atoms with van der Waals surface area (Å²) < 4.78 is 5.32. The van der Waals surface area contributed by atoms with Gasteiger partial charge in [0.2, 0.25) is 0 Å². The molecule has 0 unspecified atom stereocenters. The molecule has 0 radical (unpaired) electrons. The van der Waals surface area contributed by atoms with Gasteiger partial charge < -0.3 is 19.6 Å². The van der Waals surface area contributed by atoms with E-state index in [9.17, 15) is 9.90 Å². The molecule has 1 fully saturated rings. The van der Waals surface area contributed by atoms with E-state index in [2.05, 4.69) is 5.48 Å². The van der Waals surface area contributed by atoms with E-state index in [0.29, 0.717) is 19.5 Å². The minimum absolute atomic E-state index is 0.251. The van der Waals surface area contributed by atoms with Gasteiger partial charge in [-0.25, -0.2) is 4.79 Å². The maximum atomic E-state index is 12.1. The van der Waals surface area contributed by atoms with Crippen molar-refractivity contribution >= 4 is 6.09 Å². The Bertz CT molecular complexity index is 441. The number of aliphatic hydroxyl groups excluding tert-OH is 1. The first-order valence-electron chi connectivity index (χ1n) is 7.13. The number of amides is 1. The fourth-order valence-corrected chi connectivity index (χ4v) is 2.39. The maximum absolute atomic E-state index is 12.1. The molecule has 0 saturated carbocycles. The molecule has 6 heteroatoms. The summed E-state index contributed by atoms with van der Waals surface area (Å²) in [6.07, 6.45) is 0.472. The first-order valence-corrected chi connectivity index (χ1v) is 7.13. The highest BCUT2D eigenvalue weighted by Crippen LogP contribution is 2.13. The van der Waals surface area contributed by atoms with E-state index in [0.717, 1.165) is 12.0 Å². The predicted octanol–water partition coefficient (Wildman–Crippen LogP) is 1.30. The Hall–Kier alpha value is -1.63. The van der Waals surface area contributed by atoms with E-state index in [-0.39, 0.29) is 18.7 Å². The number of benzene rings is 1. The lowest BCUT2D eigenvalue weighted by Crippen LogP contribution is -2.47. The van der Waals surface area contributed by atoms with E-state index in [1.54, 1.807) is 4.90 Å². The molecule has 6 nitrogen and oxygen atoms in total. The SMILES string of the molecule is CON[C@@H]1CN(C(=O)OCc2ccccc2)CCC[C@H]1O. The second-order valence-corrected chi connectivity index (χ2v) is 5.12. The van der Waals surface area contributed by atoms with Crippen LogP contribution in [0.25, 0.3) is 0 Å². The van der Waals surface area contributed by atoms with Crippen LogP contribution in [-0.2, 0) is 16.2 Å². The van der Waals surface area contributed by atoms with Crippen LogP contribution in [0.3, 0.4) is 0 Å². The number of likely N-dealkylation sites (tertiary alicyclic amines) is 1. The molecule has 1 aliphatic rings. The summed E-state index contributed by atoms with van der Waals surface area (Å²) in [5, 5.41) is 9.97. The number of aliphatic hydroxyl groups is 1. The summed E-state index contributed by atoms with van der Waals surface area (Å²) in [5.41, 5.74) is 3.68. The quantitative estimate of drug-likeness (QED) is 0.819. The zero-order valence-corrected chi connectivity index (χ0v) is 12.2. The predicted molar refractivity (Wildman–Crippen MR) is 77.4 cm³/mol. The molecule has 21 heavy (non-hydrogen) atoms. The molecule has 1 saturated heterocycles. The lowest BCUT2D eigenvalue weighted by Gasteiger charge is -2.25. The molecular weight excluding hydrogens is 272 g/mol. The van der Waals surface area contributed by atoms with Crippen LogP contribution in [0.15, 0.2) is 30.3 Å². The number of nitrogens with zero attached hydrogens (tertiary/aromatic N) is 1. The van der Waals surface area contributed by atoms with Gasteiger partial charge in [-0.05, 0) is 18.4 Å². The first kappa shape index (κ1) is 15.8. The summed E-state index contributed by atoms with van der Waals surface area (Å²) >= 11 is 0. The van der Waals surface area contributed by atoms with Crippen molar-refractivity contribution in [2.75, 3.05) is 20.2 Å². The van der Waals surface area contributed by atoms with E-state index in [1.165, 1.54) is 7.11 Å². The number of hydroxylamine groups is 1. The van der Waals surface area contributed by atoms with Crippen molar-refractivity contribution in [1.29, 1.82) is 0 Å². The summed E-state index contributed by atoms with van der Waals surface area (Å²) in [7, 11) is 1.50. The Balaban J connectivity index is 1.88. The number of ether oxygens (including phenoxy) is 1. The molecular formula is C15H22N2O4. The molecule has 1 aromatic rings. The lowest BCUT2D eigenvalue weighted by atomic mass is 10.1. The zero-order chi connectivity index (χ0) is 15.1. The molecule has 0 bridgehead atoms. The van der Waals surface area contributed by atoms with E-state index >= 15 is 0 Å². The number of carbonyl (C=O) groups is 1. The van der Waals surface area contributed by atoms with Gasteiger partial charge in [0.1, 0.15) is 6.61 Å². The average Bonchev–Trinajstić information content (AvgIpc) is 2.69. The molecule has 2 atom stereocenters. The van der Waals surface area contributed by atoms with Gasteiger partial charge in [0.25, 0.3) is 0 Å². The average molecular weight is 294 g/mol. The third kappa shape index (κ3) is 4.70. The minimum Gasteiger partial charge on any atom is -0.445 e. The van der Waals surface area contributed by atoms with Crippen LogP contribution in [0.2, 0.25) is 0 Å². The Labute approximate surface area is 124 Å². The minimum atomic E-state index is -0.531. The zero-order valence-electron chi connectivity index (χ0n) is 12.2. The number of hydrogen-bond acceptors (Lipinski definition) is 5. The highest BCUT2D eigenvalue weighted by molar-refractivity contribution is 5.67. The maximum Gasteiger partial charge on any atom is 0.410 e. The molecule has 116 valence electrons. The van der Waals surface area contributed by atoms with Gasteiger partial charge in [-0.15, -0.1) is 0 Å². The fraction of sp³-hybridized carbons (Fsp3) is 0.533. The van der Waals surface area contributed by atoms with Crippen LogP contribution in [0, 0.1) is 0 Å². The van der Waals surface area contributed by atoms with Crippen molar-refractivity contribution < 1.29 is 19.5 Å². The van der Waals surface area contributed by atoms with Gasteiger partial charge >= 0.3 is 6.09 Å². The van der Waals surface area contributed by atoms with Crippen LogP contribution < -0.4 is 5.48 Å². The largest absolute Gasteiger partial charge is 0.445 e. The number of rotatable bonds is 4. The Morgan fingerprint density at radius 2 is 2.19 bits per heavy atom. The van der Waals surface area contributed by atoms with Gasteiger partial charge in [-0.1, -0.05) is 30.3 Å². The second kappa shape index (κ2) is 7.97. The van der Waals surface area contributed by atoms with Gasteiger partial charge in [-0.3, -0.25) is 0 Å². The topological polar surface area (TPSA) is 71.0 Å². The van der Waals surface area contributed by atoms with Crippen molar-refractivity contribution in [2.24, 2.45) is 0 Å². The summed E-state index contributed by atoms with van der Waals surface area (Å²) in [4.78, 5) is 18.6. The molecule has 1 aromatic carbocycles. The highest BCUT2D eigenvalue weighted by Gasteiger charge is 2.28. The lowest BCUT2D eigenvalue weighted by molar-refractivity contribution is -0.00104. The highest BCUT2D eigenvalue weighted by atomic mass is 16.6. The first-order chi connectivity index (χ1) is 10.2. The molecule has 2 N–H and O–H groups in total. The van der Waals surface area contributed by atoms with Gasteiger partial charge in [0.05, 0.1) is 19.3 Å². The third-order valence-electron chi connectivity index (χ3n) is 3.54. The van der Waals surface area contributed by atoms with Gasteiger partial charge in [0.15, 0.2) is 0 Å². The monoisotopic (exact) mass is 294 g/mol. The van der Waals surface area contributed by atoms with Crippen molar-refractivity contribution in [3.63, 3.8) is 0 Å². The molecule has 0 aliphatic carbocycles. The van der Waals surface area contributed by atoms with Gasteiger partial charge in [-0.2, -0.15) is 5.48 Å². The van der Waals surface area contributed by atoms with Crippen LogP contribution in [0.5, 0.6) is 0 Å². The van der Waals surface area contributed by atoms with E-state index < -0.39 is 6.10 Å². The summed E-state index contributed by atoms with van der Waals surface area (Å²) in [6, 6.07) is 9.25. The molecule has 1 heterocycles. The molecule has 0 spiro atoms. The Morgan fingerprint density at radius 1 is 1.43 bits per heavy atom. The second-order valence-electron chi connectivity index (χ2n) is 5.12.